The van der Waals surface area contributed by atoms with E-state index in [2.05, 4.69) is 142 Å². The zero-order chi connectivity index (χ0) is 45.9. The van der Waals surface area contributed by atoms with Gasteiger partial charge in [-0.15, -0.1) is 0 Å². The number of esters is 1. The Kier molecular flexibility index (Phi) is 46.4. The molecular formula is C57H93NO5. The van der Waals surface area contributed by atoms with Crippen LogP contribution >= 0.6 is 0 Å². The van der Waals surface area contributed by atoms with E-state index in [0.29, 0.717) is 19.3 Å². The average molecular weight is 872 g/mol. The highest BCUT2D eigenvalue weighted by atomic mass is 16.5. The number of allylic oxidation sites excluding steroid dienone is 20. The lowest BCUT2D eigenvalue weighted by Crippen LogP contribution is -2.46. The molecular weight excluding hydrogens is 779 g/mol. The number of carbonyl (C=O) groups is 2. The van der Waals surface area contributed by atoms with E-state index in [9.17, 15) is 19.8 Å². The van der Waals surface area contributed by atoms with Crippen LogP contribution < -0.4 is 5.32 Å². The van der Waals surface area contributed by atoms with Crippen LogP contribution in [-0.4, -0.2) is 46.9 Å². The summed E-state index contributed by atoms with van der Waals surface area (Å²) in [5.41, 5.74) is 0. The molecule has 63 heavy (non-hydrogen) atoms. The first kappa shape index (κ1) is 59.3. The first-order valence-corrected chi connectivity index (χ1v) is 25.3. The highest BCUT2D eigenvalue weighted by Crippen LogP contribution is 2.16. The van der Waals surface area contributed by atoms with Gasteiger partial charge < -0.3 is 20.3 Å². The molecule has 0 aromatic carbocycles. The molecule has 0 aliphatic carbocycles. The number of aliphatic hydroxyl groups is 2. The van der Waals surface area contributed by atoms with Crippen molar-refractivity contribution in [2.24, 2.45) is 0 Å². The molecule has 1 amide bonds. The number of nitrogens with one attached hydrogen (secondary N) is 1. The number of carbonyl (C=O) groups excluding carboxylic acids is 2. The molecule has 0 radical (unpaired) electrons. The van der Waals surface area contributed by atoms with Crippen LogP contribution in [0.4, 0.5) is 0 Å². The minimum atomic E-state index is -0.821. The van der Waals surface area contributed by atoms with Crippen molar-refractivity contribution in [3.8, 4) is 0 Å². The molecule has 0 bridgehead atoms. The second-order valence-electron chi connectivity index (χ2n) is 16.4. The quantitative estimate of drug-likeness (QED) is 0.0322. The lowest BCUT2D eigenvalue weighted by molar-refractivity contribution is -0.150. The SMILES string of the molecule is CC/C=C\C/C=C\C/C=C\C/C=C\C/C=C\C/C=C\CCC(=O)OC(CCC/C=C/C/C=C/C/C=C/C/C=C/CC)CC(=O)NC(CO)C(O)CCCCCCCCCCCCC. The van der Waals surface area contributed by atoms with Crippen LogP contribution in [0.3, 0.4) is 0 Å². The van der Waals surface area contributed by atoms with E-state index < -0.39 is 18.2 Å². The number of rotatable bonds is 43. The second kappa shape index (κ2) is 49.3. The third kappa shape index (κ3) is 44.7. The van der Waals surface area contributed by atoms with Gasteiger partial charge in [-0.3, -0.25) is 9.59 Å². The van der Waals surface area contributed by atoms with Gasteiger partial charge in [0.1, 0.15) is 6.10 Å². The maximum atomic E-state index is 13.2. The summed E-state index contributed by atoms with van der Waals surface area (Å²) in [5, 5.41) is 23.7. The third-order valence-corrected chi connectivity index (χ3v) is 10.5. The van der Waals surface area contributed by atoms with E-state index >= 15 is 0 Å². The van der Waals surface area contributed by atoms with E-state index in [-0.39, 0.29) is 31.3 Å². The van der Waals surface area contributed by atoms with E-state index in [1.165, 1.54) is 51.4 Å². The molecule has 0 fully saturated rings. The second-order valence-corrected chi connectivity index (χ2v) is 16.4. The zero-order valence-electron chi connectivity index (χ0n) is 40.4. The summed E-state index contributed by atoms with van der Waals surface area (Å²) in [4.78, 5) is 26.1. The van der Waals surface area contributed by atoms with Crippen molar-refractivity contribution in [3.05, 3.63) is 122 Å². The molecule has 3 N–H and O–H groups in total. The summed E-state index contributed by atoms with van der Waals surface area (Å²) in [7, 11) is 0. The topological polar surface area (TPSA) is 95.9 Å². The molecule has 6 nitrogen and oxygen atoms in total. The molecule has 0 saturated heterocycles. The fourth-order valence-corrected chi connectivity index (χ4v) is 6.80. The number of hydrogen-bond acceptors (Lipinski definition) is 5. The summed E-state index contributed by atoms with van der Waals surface area (Å²) >= 11 is 0. The Labute approximate surface area is 387 Å². The van der Waals surface area contributed by atoms with Gasteiger partial charge in [0, 0.05) is 6.42 Å². The van der Waals surface area contributed by atoms with Gasteiger partial charge in [-0.05, 0) is 96.3 Å². The lowest BCUT2D eigenvalue weighted by Gasteiger charge is -2.24. The predicted molar refractivity (Wildman–Crippen MR) is 273 cm³/mol. The summed E-state index contributed by atoms with van der Waals surface area (Å²) in [6, 6.07) is -0.741. The largest absolute Gasteiger partial charge is 0.462 e. The highest BCUT2D eigenvalue weighted by Gasteiger charge is 2.23. The van der Waals surface area contributed by atoms with Crippen molar-refractivity contribution in [2.75, 3.05) is 6.61 Å². The number of unbranched alkanes of at least 4 members (excludes halogenated alkanes) is 11. The van der Waals surface area contributed by atoms with Crippen LogP contribution in [0.5, 0.6) is 0 Å². The van der Waals surface area contributed by atoms with Crippen LogP contribution in [0.15, 0.2) is 122 Å². The Morgan fingerprint density at radius 1 is 0.476 bits per heavy atom. The van der Waals surface area contributed by atoms with Gasteiger partial charge in [0.2, 0.25) is 5.91 Å². The van der Waals surface area contributed by atoms with Crippen LogP contribution in [0.25, 0.3) is 0 Å². The Morgan fingerprint density at radius 3 is 1.27 bits per heavy atom. The molecule has 0 rings (SSSR count). The number of amides is 1. The monoisotopic (exact) mass is 872 g/mol. The normalized spacial score (nSPS) is 14.3. The van der Waals surface area contributed by atoms with Crippen molar-refractivity contribution < 1.29 is 24.5 Å². The van der Waals surface area contributed by atoms with E-state index in [0.717, 1.165) is 96.3 Å². The van der Waals surface area contributed by atoms with Gasteiger partial charge in [-0.1, -0.05) is 213 Å². The molecule has 6 heteroatoms. The Morgan fingerprint density at radius 2 is 0.857 bits per heavy atom. The lowest BCUT2D eigenvalue weighted by atomic mass is 10.0. The highest BCUT2D eigenvalue weighted by molar-refractivity contribution is 5.77. The molecule has 3 unspecified atom stereocenters. The Balaban J connectivity index is 4.81. The van der Waals surface area contributed by atoms with Crippen molar-refractivity contribution >= 4 is 11.9 Å². The van der Waals surface area contributed by atoms with Crippen molar-refractivity contribution in [1.29, 1.82) is 0 Å². The summed E-state index contributed by atoms with van der Waals surface area (Å²) in [6.07, 6.45) is 68.4. The standard InChI is InChI=1S/C57H93NO5/c1-4-7-10-13-16-19-22-24-26-27-28-29-30-32-35-38-41-44-47-50-57(62)63-53(48-45-42-39-36-34-31-25-23-20-17-14-11-8-5-2)51-56(61)58-54(52-59)55(60)49-46-43-40-37-33-21-18-15-12-9-6-3/h7-8,10-11,16-17,19-20,24-26,28-29,31-32,35-36,39,41,44,53-55,59-60H,4-6,9,12-15,18,21-23,27,30,33-34,37-38,40,42-43,45-52H2,1-3H3,(H,58,61)/b10-7-,11-8+,19-16-,20-17+,26-24-,29-28-,31-25+,35-32-,39-36+,44-41-. The minimum absolute atomic E-state index is 0.00151. The van der Waals surface area contributed by atoms with Crippen LogP contribution in [0.1, 0.15) is 201 Å². The van der Waals surface area contributed by atoms with Crippen LogP contribution in [-0.2, 0) is 14.3 Å². The van der Waals surface area contributed by atoms with E-state index in [1.807, 2.05) is 6.08 Å². The summed E-state index contributed by atoms with van der Waals surface area (Å²) in [5.74, 6) is -0.642. The first-order chi connectivity index (χ1) is 31.0. The Hall–Kier alpha value is -3.74. The summed E-state index contributed by atoms with van der Waals surface area (Å²) in [6.45, 7) is 6.20. The van der Waals surface area contributed by atoms with Gasteiger partial charge in [0.25, 0.3) is 0 Å². The zero-order valence-corrected chi connectivity index (χ0v) is 40.4. The molecule has 0 spiro atoms. The molecule has 0 aliphatic heterocycles. The molecule has 356 valence electrons. The van der Waals surface area contributed by atoms with Crippen molar-refractivity contribution in [3.63, 3.8) is 0 Å². The Bertz CT molecular complexity index is 1350. The van der Waals surface area contributed by atoms with Crippen LogP contribution in [0, 0.1) is 0 Å². The smallest absolute Gasteiger partial charge is 0.306 e. The molecule has 0 aliphatic rings. The first-order valence-electron chi connectivity index (χ1n) is 25.3. The van der Waals surface area contributed by atoms with E-state index in [1.54, 1.807) is 0 Å². The molecule has 3 atom stereocenters. The fourth-order valence-electron chi connectivity index (χ4n) is 6.80. The maximum absolute atomic E-state index is 13.2. The molecule has 0 heterocycles. The van der Waals surface area contributed by atoms with Crippen molar-refractivity contribution in [2.45, 2.75) is 219 Å². The maximum Gasteiger partial charge on any atom is 0.306 e. The molecule has 0 aromatic rings. The summed E-state index contributed by atoms with van der Waals surface area (Å²) < 4.78 is 5.85. The molecule has 0 saturated carbocycles. The van der Waals surface area contributed by atoms with Gasteiger partial charge in [-0.25, -0.2) is 0 Å². The van der Waals surface area contributed by atoms with Gasteiger partial charge in [0.05, 0.1) is 25.2 Å². The number of ether oxygens (including phenoxy) is 1. The average Bonchev–Trinajstić information content (AvgIpc) is 3.28. The number of hydrogen-bond donors (Lipinski definition) is 3. The number of aliphatic hydroxyl groups excluding tert-OH is 2. The fraction of sp³-hybridized carbons (Fsp3) is 0.614. The van der Waals surface area contributed by atoms with Gasteiger partial charge in [0.15, 0.2) is 0 Å². The van der Waals surface area contributed by atoms with E-state index in [4.69, 9.17) is 4.74 Å². The minimum Gasteiger partial charge on any atom is -0.462 e. The van der Waals surface area contributed by atoms with Gasteiger partial charge >= 0.3 is 5.97 Å². The van der Waals surface area contributed by atoms with Crippen molar-refractivity contribution in [1.82, 2.24) is 5.32 Å². The third-order valence-electron chi connectivity index (χ3n) is 10.5. The molecule has 0 aromatic heterocycles. The van der Waals surface area contributed by atoms with Crippen LogP contribution in [0.2, 0.25) is 0 Å². The van der Waals surface area contributed by atoms with Gasteiger partial charge in [-0.2, -0.15) is 0 Å². The predicted octanol–water partition coefficient (Wildman–Crippen LogP) is 15.3.